The summed E-state index contributed by atoms with van der Waals surface area (Å²) < 4.78 is 51.8. The lowest BCUT2D eigenvalue weighted by Gasteiger charge is -2.09. The third-order valence-electron chi connectivity index (χ3n) is 2.22. The average molecular weight is 294 g/mol. The molecule has 1 aromatic rings. The third kappa shape index (κ3) is 5.19. The van der Waals surface area contributed by atoms with Crippen molar-refractivity contribution in [3.63, 3.8) is 0 Å². The lowest BCUT2D eigenvalue weighted by Crippen LogP contribution is -2.34. The molecule has 0 aliphatic rings. The van der Waals surface area contributed by atoms with Crippen molar-refractivity contribution in [3.05, 3.63) is 29.8 Å². The van der Waals surface area contributed by atoms with Crippen molar-refractivity contribution in [1.82, 2.24) is 10.0 Å². The molecule has 0 aliphatic carbocycles. The zero-order chi connectivity index (χ0) is 14.5. The second-order valence-corrected chi connectivity index (χ2v) is 5.76. The topological polar surface area (TPSA) is 78.4 Å². The van der Waals surface area contributed by atoms with Gasteiger partial charge >= 0.3 is 0 Å². The van der Waals surface area contributed by atoms with Crippen molar-refractivity contribution in [2.24, 2.45) is 0 Å². The number of hydrogen-bond donors (Lipinski definition) is 3. The van der Waals surface area contributed by atoms with E-state index < -0.39 is 32.7 Å². The van der Waals surface area contributed by atoms with E-state index in [1.54, 1.807) is 6.92 Å². The molecule has 0 aliphatic heterocycles. The highest BCUT2D eigenvalue weighted by molar-refractivity contribution is 7.89. The third-order valence-corrected chi connectivity index (χ3v) is 3.69. The van der Waals surface area contributed by atoms with Crippen LogP contribution in [0.5, 0.6) is 0 Å². The van der Waals surface area contributed by atoms with Gasteiger partial charge in [0.2, 0.25) is 10.0 Å². The zero-order valence-electron chi connectivity index (χ0n) is 10.4. The molecule has 1 atom stereocenters. The first kappa shape index (κ1) is 16.0. The Morgan fingerprint density at radius 2 is 2.00 bits per heavy atom. The summed E-state index contributed by atoms with van der Waals surface area (Å²) in [5, 5.41) is 11.8. The van der Waals surface area contributed by atoms with E-state index in [2.05, 4.69) is 10.0 Å². The fourth-order valence-electron chi connectivity index (χ4n) is 1.35. The van der Waals surface area contributed by atoms with Gasteiger partial charge in [-0.3, -0.25) is 0 Å². The molecule has 0 saturated carbocycles. The smallest absolute Gasteiger partial charge is 0.243 e. The first-order chi connectivity index (χ1) is 8.83. The average Bonchev–Trinajstić information content (AvgIpc) is 2.31. The first-order valence-corrected chi connectivity index (χ1v) is 7.15. The quantitative estimate of drug-likeness (QED) is 0.628. The predicted octanol–water partition coefficient (Wildman–Crippen LogP) is 0.214. The van der Waals surface area contributed by atoms with E-state index in [0.29, 0.717) is 12.6 Å². The van der Waals surface area contributed by atoms with Crippen LogP contribution in [0.3, 0.4) is 0 Å². The molecule has 0 aromatic heterocycles. The standard InChI is InChI=1S/C11H16F2N2O3S/c1-8(16)7-14-4-5-15-19(17,18)11-6-9(12)2-3-10(11)13/h2-3,6,8,14-16H,4-5,7H2,1H3. The van der Waals surface area contributed by atoms with Crippen molar-refractivity contribution in [3.8, 4) is 0 Å². The lowest BCUT2D eigenvalue weighted by atomic mass is 10.3. The number of nitrogens with one attached hydrogen (secondary N) is 2. The second-order valence-electron chi connectivity index (χ2n) is 4.03. The van der Waals surface area contributed by atoms with Crippen molar-refractivity contribution in [2.45, 2.75) is 17.9 Å². The van der Waals surface area contributed by atoms with Crippen LogP contribution in [0.25, 0.3) is 0 Å². The van der Waals surface area contributed by atoms with Crippen molar-refractivity contribution in [1.29, 1.82) is 0 Å². The van der Waals surface area contributed by atoms with Gasteiger partial charge in [-0.25, -0.2) is 21.9 Å². The molecule has 0 heterocycles. The molecule has 0 saturated heterocycles. The number of aliphatic hydroxyl groups is 1. The van der Waals surface area contributed by atoms with Gasteiger partial charge in [-0.05, 0) is 25.1 Å². The molecule has 108 valence electrons. The van der Waals surface area contributed by atoms with Crippen LogP contribution in [-0.4, -0.2) is 39.3 Å². The molecule has 0 amide bonds. The Kier molecular flexibility index (Phi) is 5.80. The van der Waals surface area contributed by atoms with Gasteiger partial charge in [-0.15, -0.1) is 0 Å². The van der Waals surface area contributed by atoms with Crippen molar-refractivity contribution < 1.29 is 22.3 Å². The van der Waals surface area contributed by atoms with Gasteiger partial charge in [0, 0.05) is 19.6 Å². The lowest BCUT2D eigenvalue weighted by molar-refractivity contribution is 0.192. The summed E-state index contributed by atoms with van der Waals surface area (Å²) in [6.07, 6.45) is -0.544. The van der Waals surface area contributed by atoms with Gasteiger partial charge in [-0.1, -0.05) is 0 Å². The summed E-state index contributed by atoms with van der Waals surface area (Å²) in [7, 11) is -4.08. The summed E-state index contributed by atoms with van der Waals surface area (Å²) in [6.45, 7) is 2.17. The fourth-order valence-corrected chi connectivity index (χ4v) is 2.46. The molecule has 19 heavy (non-hydrogen) atoms. The normalized spacial score (nSPS) is 13.5. The van der Waals surface area contributed by atoms with Crippen LogP contribution in [0, 0.1) is 11.6 Å². The number of halogens is 2. The predicted molar refractivity (Wildman–Crippen MR) is 66.1 cm³/mol. The first-order valence-electron chi connectivity index (χ1n) is 5.66. The maximum atomic E-state index is 13.3. The van der Waals surface area contributed by atoms with Crippen LogP contribution in [0.1, 0.15) is 6.92 Å². The van der Waals surface area contributed by atoms with Crippen molar-refractivity contribution in [2.75, 3.05) is 19.6 Å². The van der Waals surface area contributed by atoms with Gasteiger partial charge in [0.05, 0.1) is 6.10 Å². The Labute approximate surface area is 110 Å². The number of aliphatic hydroxyl groups excluding tert-OH is 1. The van der Waals surface area contributed by atoms with Gasteiger partial charge in [0.25, 0.3) is 0 Å². The summed E-state index contributed by atoms with van der Waals surface area (Å²) >= 11 is 0. The number of rotatable bonds is 7. The monoisotopic (exact) mass is 294 g/mol. The van der Waals surface area contributed by atoms with E-state index in [1.165, 1.54) is 0 Å². The van der Waals surface area contributed by atoms with Crippen LogP contribution < -0.4 is 10.0 Å². The Hall–Kier alpha value is -1.09. The van der Waals surface area contributed by atoms with Crippen LogP contribution in [0.15, 0.2) is 23.1 Å². The molecule has 8 heteroatoms. The minimum Gasteiger partial charge on any atom is -0.392 e. The molecular formula is C11H16F2N2O3S. The van der Waals surface area contributed by atoms with Crippen LogP contribution in [-0.2, 0) is 10.0 Å². The van der Waals surface area contributed by atoms with E-state index in [1.807, 2.05) is 0 Å². The van der Waals surface area contributed by atoms with E-state index in [9.17, 15) is 17.2 Å². The van der Waals surface area contributed by atoms with E-state index >= 15 is 0 Å². The highest BCUT2D eigenvalue weighted by atomic mass is 32.2. The molecule has 1 rings (SSSR count). The Balaban J connectivity index is 2.59. The Morgan fingerprint density at radius 1 is 1.32 bits per heavy atom. The van der Waals surface area contributed by atoms with Gasteiger partial charge in [-0.2, -0.15) is 0 Å². The van der Waals surface area contributed by atoms with Gasteiger partial charge < -0.3 is 10.4 Å². The minimum absolute atomic E-state index is 0.00497. The molecule has 5 nitrogen and oxygen atoms in total. The molecule has 0 bridgehead atoms. The molecule has 3 N–H and O–H groups in total. The molecular weight excluding hydrogens is 278 g/mol. The highest BCUT2D eigenvalue weighted by Gasteiger charge is 2.19. The highest BCUT2D eigenvalue weighted by Crippen LogP contribution is 2.15. The SMILES string of the molecule is CC(O)CNCCNS(=O)(=O)c1cc(F)ccc1F. The second kappa shape index (κ2) is 6.90. The van der Waals surface area contributed by atoms with Crippen LogP contribution >= 0.6 is 0 Å². The molecule has 1 aromatic carbocycles. The maximum absolute atomic E-state index is 13.3. The molecule has 1 unspecified atom stereocenters. The Morgan fingerprint density at radius 3 is 2.63 bits per heavy atom. The summed E-state index contributed by atoms with van der Waals surface area (Å²) in [5.41, 5.74) is 0. The minimum atomic E-state index is -4.08. The molecule has 0 spiro atoms. The molecule has 0 radical (unpaired) electrons. The van der Waals surface area contributed by atoms with Gasteiger partial charge in [0.1, 0.15) is 16.5 Å². The fraction of sp³-hybridized carbons (Fsp3) is 0.455. The van der Waals surface area contributed by atoms with Crippen molar-refractivity contribution >= 4 is 10.0 Å². The van der Waals surface area contributed by atoms with Gasteiger partial charge in [0.15, 0.2) is 0 Å². The number of benzene rings is 1. The summed E-state index contributed by atoms with van der Waals surface area (Å²) in [5.74, 6) is -1.83. The number of sulfonamides is 1. The zero-order valence-corrected chi connectivity index (χ0v) is 11.2. The summed E-state index contributed by atoms with van der Waals surface area (Å²) in [6, 6.07) is 2.23. The maximum Gasteiger partial charge on any atom is 0.243 e. The van der Waals surface area contributed by atoms with E-state index in [-0.39, 0.29) is 13.1 Å². The number of hydrogen-bond acceptors (Lipinski definition) is 4. The van der Waals surface area contributed by atoms with Crippen LogP contribution in [0.2, 0.25) is 0 Å². The molecule has 0 fully saturated rings. The largest absolute Gasteiger partial charge is 0.392 e. The van der Waals surface area contributed by atoms with Crippen LogP contribution in [0.4, 0.5) is 8.78 Å². The van der Waals surface area contributed by atoms with E-state index in [4.69, 9.17) is 5.11 Å². The summed E-state index contributed by atoms with van der Waals surface area (Å²) in [4.78, 5) is -0.719. The van der Waals surface area contributed by atoms with E-state index in [0.717, 1.165) is 12.1 Å². The Bertz CT molecular complexity index is 521.